The molecule has 2 rings (SSSR count). The predicted molar refractivity (Wildman–Crippen MR) is 82.0 cm³/mol. The van der Waals surface area contributed by atoms with Gasteiger partial charge in [-0.15, -0.1) is 0 Å². The third-order valence-electron chi connectivity index (χ3n) is 4.61. The van der Waals surface area contributed by atoms with Crippen LogP contribution in [0.5, 0.6) is 0 Å². The third kappa shape index (κ3) is 3.95. The third-order valence-corrected chi connectivity index (χ3v) is 4.61. The Morgan fingerprint density at radius 1 is 1.14 bits per heavy atom. The van der Waals surface area contributed by atoms with Gasteiger partial charge in [0.25, 0.3) is 0 Å². The van der Waals surface area contributed by atoms with Crippen LogP contribution in [0.25, 0.3) is 0 Å². The van der Waals surface area contributed by atoms with E-state index in [0.717, 1.165) is 52.0 Å². The van der Waals surface area contributed by atoms with Crippen LogP contribution in [0.15, 0.2) is 0 Å². The van der Waals surface area contributed by atoms with Gasteiger partial charge in [0.1, 0.15) is 0 Å². The van der Waals surface area contributed by atoms with Gasteiger partial charge in [0.15, 0.2) is 0 Å². The quantitative estimate of drug-likeness (QED) is 0.780. The molecule has 0 spiro atoms. The average molecular weight is 296 g/mol. The summed E-state index contributed by atoms with van der Waals surface area (Å²) >= 11 is 0. The van der Waals surface area contributed by atoms with E-state index in [4.69, 9.17) is 0 Å². The van der Waals surface area contributed by atoms with Crippen molar-refractivity contribution in [1.29, 1.82) is 0 Å². The fourth-order valence-corrected chi connectivity index (χ4v) is 3.03. The summed E-state index contributed by atoms with van der Waals surface area (Å²) in [4.78, 5) is 30.1. The van der Waals surface area contributed by atoms with Gasteiger partial charge in [0.05, 0.1) is 12.1 Å². The van der Waals surface area contributed by atoms with Gasteiger partial charge in [-0.1, -0.05) is 0 Å². The van der Waals surface area contributed by atoms with E-state index in [1.807, 2.05) is 11.8 Å². The maximum absolute atomic E-state index is 12.7. The molecule has 0 saturated carbocycles. The van der Waals surface area contributed by atoms with E-state index < -0.39 is 0 Å². The zero-order valence-electron chi connectivity index (χ0n) is 13.5. The molecule has 21 heavy (non-hydrogen) atoms. The van der Waals surface area contributed by atoms with Gasteiger partial charge in [-0.2, -0.15) is 0 Å². The number of piperazine rings is 1. The Kier molecular flexibility index (Phi) is 5.22. The molecule has 1 unspecified atom stereocenters. The number of carbonyl (C=O) groups excluding carboxylic acids is 2. The summed E-state index contributed by atoms with van der Waals surface area (Å²) < 4.78 is 0. The van der Waals surface area contributed by atoms with E-state index >= 15 is 0 Å². The topological polar surface area (TPSA) is 55.9 Å². The summed E-state index contributed by atoms with van der Waals surface area (Å²) in [6.45, 7) is 6.40. The normalized spacial score (nSPS) is 27.5. The number of piperidine rings is 1. The fraction of sp³-hybridized carbons (Fsp3) is 0.867. The molecule has 2 aliphatic rings. The molecule has 0 radical (unpaired) electrons. The number of hydrogen-bond donors (Lipinski definition) is 1. The molecule has 2 aliphatic heterocycles. The molecular formula is C15H28N4O2. The lowest BCUT2D eigenvalue weighted by molar-refractivity contribution is -0.141. The summed E-state index contributed by atoms with van der Waals surface area (Å²) in [7, 11) is 3.55. The molecule has 2 fully saturated rings. The van der Waals surface area contributed by atoms with Gasteiger partial charge in [-0.25, -0.2) is 0 Å². The Morgan fingerprint density at radius 2 is 1.81 bits per heavy atom. The van der Waals surface area contributed by atoms with E-state index in [1.165, 1.54) is 0 Å². The first-order valence-corrected chi connectivity index (χ1v) is 7.89. The van der Waals surface area contributed by atoms with E-state index in [0.29, 0.717) is 6.54 Å². The molecule has 1 N–H and O–H groups in total. The SMILES string of the molecule is CN(C)C(=O)CN1CCN(C(=O)C2(C)CCCCN2)CC1. The minimum Gasteiger partial charge on any atom is -0.348 e. The van der Waals surface area contributed by atoms with Crippen molar-refractivity contribution in [3.8, 4) is 0 Å². The van der Waals surface area contributed by atoms with Crippen LogP contribution >= 0.6 is 0 Å². The summed E-state index contributed by atoms with van der Waals surface area (Å²) in [6.07, 6.45) is 3.20. The van der Waals surface area contributed by atoms with E-state index in [9.17, 15) is 9.59 Å². The van der Waals surface area contributed by atoms with Crippen molar-refractivity contribution in [2.24, 2.45) is 0 Å². The summed E-state index contributed by atoms with van der Waals surface area (Å²) in [5.74, 6) is 0.344. The van der Waals surface area contributed by atoms with Gasteiger partial charge in [-0.3, -0.25) is 14.5 Å². The van der Waals surface area contributed by atoms with Crippen LogP contribution in [0.2, 0.25) is 0 Å². The second-order valence-electron chi connectivity index (χ2n) is 6.57. The molecule has 0 aromatic heterocycles. The second kappa shape index (κ2) is 6.75. The molecule has 2 amide bonds. The second-order valence-corrected chi connectivity index (χ2v) is 6.57. The molecular weight excluding hydrogens is 268 g/mol. The monoisotopic (exact) mass is 296 g/mol. The van der Waals surface area contributed by atoms with Gasteiger partial charge >= 0.3 is 0 Å². The van der Waals surface area contributed by atoms with Gasteiger partial charge < -0.3 is 15.1 Å². The fourth-order valence-electron chi connectivity index (χ4n) is 3.03. The highest BCUT2D eigenvalue weighted by atomic mass is 16.2. The molecule has 6 heteroatoms. The molecule has 120 valence electrons. The van der Waals surface area contributed by atoms with Crippen LogP contribution in [0.1, 0.15) is 26.2 Å². The zero-order chi connectivity index (χ0) is 15.5. The first-order valence-electron chi connectivity index (χ1n) is 7.89. The Morgan fingerprint density at radius 3 is 2.33 bits per heavy atom. The van der Waals surface area contributed by atoms with Crippen molar-refractivity contribution in [2.45, 2.75) is 31.7 Å². The smallest absolute Gasteiger partial charge is 0.242 e. The summed E-state index contributed by atoms with van der Waals surface area (Å²) in [5.41, 5.74) is -0.389. The summed E-state index contributed by atoms with van der Waals surface area (Å²) in [5, 5.41) is 3.39. The Balaban J connectivity index is 1.83. The van der Waals surface area contributed by atoms with E-state index in [1.54, 1.807) is 19.0 Å². The minimum absolute atomic E-state index is 0.121. The number of nitrogens with one attached hydrogen (secondary N) is 1. The lowest BCUT2D eigenvalue weighted by Crippen LogP contribution is -2.61. The molecule has 2 saturated heterocycles. The van der Waals surface area contributed by atoms with Gasteiger partial charge in [0, 0.05) is 40.3 Å². The number of likely N-dealkylation sites (N-methyl/N-ethyl adjacent to an activating group) is 1. The van der Waals surface area contributed by atoms with Crippen molar-refractivity contribution in [3.05, 3.63) is 0 Å². The zero-order valence-corrected chi connectivity index (χ0v) is 13.5. The molecule has 0 bridgehead atoms. The van der Waals surface area contributed by atoms with Crippen molar-refractivity contribution in [2.75, 3.05) is 53.4 Å². The molecule has 0 aliphatic carbocycles. The van der Waals surface area contributed by atoms with Crippen LogP contribution in [-0.2, 0) is 9.59 Å². The van der Waals surface area contributed by atoms with Crippen LogP contribution in [0, 0.1) is 0 Å². The highest BCUT2D eigenvalue weighted by Crippen LogP contribution is 2.22. The van der Waals surface area contributed by atoms with Crippen molar-refractivity contribution >= 4 is 11.8 Å². The molecule has 6 nitrogen and oxygen atoms in total. The minimum atomic E-state index is -0.389. The average Bonchev–Trinajstić information content (AvgIpc) is 2.48. The Hall–Kier alpha value is -1.14. The van der Waals surface area contributed by atoms with E-state index in [-0.39, 0.29) is 17.4 Å². The molecule has 2 heterocycles. The van der Waals surface area contributed by atoms with E-state index in [2.05, 4.69) is 10.2 Å². The molecule has 1 atom stereocenters. The van der Waals surface area contributed by atoms with Crippen molar-refractivity contribution in [3.63, 3.8) is 0 Å². The number of rotatable bonds is 3. The maximum Gasteiger partial charge on any atom is 0.242 e. The predicted octanol–water partition coefficient (Wildman–Crippen LogP) is -0.249. The Labute approximate surface area is 127 Å². The highest BCUT2D eigenvalue weighted by Gasteiger charge is 2.38. The van der Waals surface area contributed by atoms with Crippen LogP contribution in [-0.4, -0.2) is 85.4 Å². The lowest BCUT2D eigenvalue weighted by Gasteiger charge is -2.41. The standard InChI is InChI=1S/C15H28N4O2/c1-15(6-4-5-7-16-15)14(21)19-10-8-18(9-11-19)12-13(20)17(2)3/h16H,4-12H2,1-3H3. The number of hydrogen-bond acceptors (Lipinski definition) is 4. The lowest BCUT2D eigenvalue weighted by atomic mass is 9.89. The Bertz CT molecular complexity index is 383. The highest BCUT2D eigenvalue weighted by molar-refractivity contribution is 5.86. The number of amides is 2. The maximum atomic E-state index is 12.7. The van der Waals surface area contributed by atoms with Crippen LogP contribution in [0.3, 0.4) is 0 Å². The number of nitrogens with zero attached hydrogens (tertiary/aromatic N) is 3. The van der Waals surface area contributed by atoms with Gasteiger partial charge in [0.2, 0.25) is 11.8 Å². The first kappa shape index (κ1) is 16.2. The summed E-state index contributed by atoms with van der Waals surface area (Å²) in [6, 6.07) is 0. The molecule has 0 aromatic carbocycles. The van der Waals surface area contributed by atoms with Crippen molar-refractivity contribution in [1.82, 2.24) is 20.0 Å². The van der Waals surface area contributed by atoms with Crippen LogP contribution < -0.4 is 5.32 Å². The first-order chi connectivity index (χ1) is 9.92. The largest absolute Gasteiger partial charge is 0.348 e. The van der Waals surface area contributed by atoms with Crippen molar-refractivity contribution < 1.29 is 9.59 Å². The molecule has 0 aromatic rings. The number of carbonyl (C=O) groups is 2. The van der Waals surface area contributed by atoms with Gasteiger partial charge in [-0.05, 0) is 32.7 Å². The van der Waals surface area contributed by atoms with Crippen LogP contribution in [0.4, 0.5) is 0 Å².